The Morgan fingerprint density at radius 3 is 2.68 bits per heavy atom. The summed E-state index contributed by atoms with van der Waals surface area (Å²) in [7, 11) is 0. The molecule has 1 aliphatic rings. The number of halogens is 3. The minimum Gasteiger partial charge on any atom is -0.333 e. The van der Waals surface area contributed by atoms with Crippen molar-refractivity contribution < 1.29 is 18.0 Å². The minimum absolute atomic E-state index is 0.0363. The maximum atomic E-state index is 12.6. The summed E-state index contributed by atoms with van der Waals surface area (Å²) in [6.45, 7) is 1.99. The first-order valence-electron chi connectivity index (χ1n) is 5.81. The molecular formula is C10H14F3N5O. The van der Waals surface area contributed by atoms with Gasteiger partial charge in [0.05, 0.1) is 6.54 Å². The Morgan fingerprint density at radius 1 is 1.42 bits per heavy atom. The third kappa shape index (κ3) is 2.86. The van der Waals surface area contributed by atoms with E-state index in [1.165, 1.54) is 4.90 Å². The van der Waals surface area contributed by atoms with Gasteiger partial charge in [-0.1, -0.05) is 0 Å². The molecule has 0 aliphatic carbocycles. The van der Waals surface area contributed by atoms with Crippen molar-refractivity contribution in [2.24, 2.45) is 5.73 Å². The molecule has 1 aliphatic heterocycles. The van der Waals surface area contributed by atoms with Crippen LogP contribution in [0.25, 0.3) is 0 Å². The Morgan fingerprint density at radius 2 is 2.11 bits per heavy atom. The molecule has 0 saturated heterocycles. The number of alkyl halides is 3. The number of rotatable bonds is 2. The number of nitrogens with two attached hydrogens (primary N) is 1. The van der Waals surface area contributed by atoms with Crippen LogP contribution in [0.4, 0.5) is 13.2 Å². The van der Waals surface area contributed by atoms with Gasteiger partial charge in [-0.15, -0.1) is 10.2 Å². The SMILES string of the molecule is CC(N)CC(=O)N1CCn2c(nnc2C(F)(F)F)C1. The normalized spacial score (nSPS) is 17.2. The predicted octanol–water partition coefficient (Wildman–Crippen LogP) is 0.376. The van der Waals surface area contributed by atoms with E-state index in [0.717, 1.165) is 4.57 Å². The third-order valence-electron chi connectivity index (χ3n) is 2.86. The van der Waals surface area contributed by atoms with E-state index in [1.54, 1.807) is 6.92 Å². The standard InChI is InChI=1S/C10H14F3N5O/c1-6(14)4-8(19)17-2-3-18-7(5-17)15-16-9(18)10(11,12)13/h6H,2-5,14H2,1H3. The lowest BCUT2D eigenvalue weighted by Crippen LogP contribution is -2.41. The molecule has 0 bridgehead atoms. The Kier molecular flexibility index (Phi) is 3.48. The molecule has 9 heteroatoms. The molecule has 1 amide bonds. The fraction of sp³-hybridized carbons (Fsp3) is 0.700. The van der Waals surface area contributed by atoms with Crippen molar-refractivity contribution in [1.29, 1.82) is 0 Å². The number of fused-ring (bicyclic) bond motifs is 1. The first-order valence-corrected chi connectivity index (χ1v) is 5.81. The highest BCUT2D eigenvalue weighted by Gasteiger charge is 2.39. The van der Waals surface area contributed by atoms with Gasteiger partial charge in [0.1, 0.15) is 0 Å². The zero-order valence-electron chi connectivity index (χ0n) is 10.3. The van der Waals surface area contributed by atoms with Crippen LogP contribution in [0.2, 0.25) is 0 Å². The van der Waals surface area contributed by atoms with Gasteiger partial charge in [-0.05, 0) is 6.92 Å². The van der Waals surface area contributed by atoms with Crippen LogP contribution >= 0.6 is 0 Å². The fourth-order valence-corrected chi connectivity index (χ4v) is 1.98. The fourth-order valence-electron chi connectivity index (χ4n) is 1.98. The quantitative estimate of drug-likeness (QED) is 0.847. The Balaban J connectivity index is 2.14. The van der Waals surface area contributed by atoms with Gasteiger partial charge in [0, 0.05) is 25.6 Å². The molecule has 2 rings (SSSR count). The number of amides is 1. The van der Waals surface area contributed by atoms with Gasteiger partial charge >= 0.3 is 6.18 Å². The van der Waals surface area contributed by atoms with Crippen LogP contribution in [0.1, 0.15) is 25.0 Å². The molecule has 1 aromatic rings. The van der Waals surface area contributed by atoms with E-state index >= 15 is 0 Å². The molecule has 0 spiro atoms. The molecule has 0 saturated carbocycles. The molecule has 0 fully saturated rings. The Bertz CT molecular complexity index is 482. The molecule has 0 radical (unpaired) electrons. The van der Waals surface area contributed by atoms with Crippen LogP contribution in [-0.4, -0.2) is 38.2 Å². The molecule has 2 heterocycles. The van der Waals surface area contributed by atoms with Crippen LogP contribution in [0.3, 0.4) is 0 Å². The van der Waals surface area contributed by atoms with Crippen LogP contribution in [0.5, 0.6) is 0 Å². The van der Waals surface area contributed by atoms with Gasteiger partial charge in [0.2, 0.25) is 11.7 Å². The topological polar surface area (TPSA) is 77.0 Å². The largest absolute Gasteiger partial charge is 0.451 e. The van der Waals surface area contributed by atoms with Gasteiger partial charge in [0.15, 0.2) is 5.82 Å². The number of carbonyl (C=O) groups is 1. The lowest BCUT2D eigenvalue weighted by Gasteiger charge is -2.28. The molecular weight excluding hydrogens is 263 g/mol. The lowest BCUT2D eigenvalue weighted by atomic mass is 10.2. The van der Waals surface area contributed by atoms with Crippen molar-refractivity contribution in [3.05, 3.63) is 11.6 Å². The number of nitrogens with zero attached hydrogens (tertiary/aromatic N) is 4. The molecule has 6 nitrogen and oxygen atoms in total. The zero-order chi connectivity index (χ0) is 14.2. The van der Waals surface area contributed by atoms with Crippen molar-refractivity contribution in [2.45, 2.75) is 38.7 Å². The second kappa shape index (κ2) is 4.80. The zero-order valence-corrected chi connectivity index (χ0v) is 10.3. The highest BCUT2D eigenvalue weighted by atomic mass is 19.4. The maximum absolute atomic E-state index is 12.6. The summed E-state index contributed by atoms with van der Waals surface area (Å²) in [6, 6.07) is -0.280. The summed E-state index contributed by atoms with van der Waals surface area (Å²) in [5, 5.41) is 6.65. The molecule has 0 aromatic carbocycles. The van der Waals surface area contributed by atoms with Crippen LogP contribution in [0.15, 0.2) is 0 Å². The second-order valence-electron chi connectivity index (χ2n) is 4.59. The number of hydrogen-bond acceptors (Lipinski definition) is 4. The van der Waals surface area contributed by atoms with Gasteiger partial charge in [-0.2, -0.15) is 13.2 Å². The molecule has 1 atom stereocenters. The van der Waals surface area contributed by atoms with E-state index in [9.17, 15) is 18.0 Å². The average molecular weight is 277 g/mol. The number of hydrogen-bond donors (Lipinski definition) is 1. The van der Waals surface area contributed by atoms with Crippen LogP contribution in [-0.2, 0) is 24.1 Å². The van der Waals surface area contributed by atoms with E-state index in [4.69, 9.17) is 5.73 Å². The Hall–Kier alpha value is -1.64. The van der Waals surface area contributed by atoms with Crippen molar-refractivity contribution in [2.75, 3.05) is 6.54 Å². The second-order valence-corrected chi connectivity index (χ2v) is 4.59. The smallest absolute Gasteiger partial charge is 0.333 e. The van der Waals surface area contributed by atoms with Crippen LogP contribution in [0, 0.1) is 0 Å². The average Bonchev–Trinajstić information content (AvgIpc) is 2.69. The van der Waals surface area contributed by atoms with E-state index < -0.39 is 12.0 Å². The lowest BCUT2D eigenvalue weighted by molar-refractivity contribution is -0.148. The van der Waals surface area contributed by atoms with Gasteiger partial charge in [0.25, 0.3) is 0 Å². The van der Waals surface area contributed by atoms with Crippen molar-refractivity contribution >= 4 is 5.91 Å². The van der Waals surface area contributed by atoms with E-state index in [2.05, 4.69) is 10.2 Å². The van der Waals surface area contributed by atoms with E-state index in [1.807, 2.05) is 0 Å². The van der Waals surface area contributed by atoms with Crippen LogP contribution < -0.4 is 5.73 Å². The summed E-state index contributed by atoms with van der Waals surface area (Å²) >= 11 is 0. The van der Waals surface area contributed by atoms with Crippen molar-refractivity contribution in [3.63, 3.8) is 0 Å². The molecule has 106 valence electrons. The highest BCUT2D eigenvalue weighted by molar-refractivity contribution is 5.76. The molecule has 19 heavy (non-hydrogen) atoms. The predicted molar refractivity (Wildman–Crippen MR) is 58.7 cm³/mol. The van der Waals surface area contributed by atoms with E-state index in [0.29, 0.717) is 0 Å². The maximum Gasteiger partial charge on any atom is 0.451 e. The van der Waals surface area contributed by atoms with Crippen molar-refractivity contribution in [1.82, 2.24) is 19.7 Å². The highest BCUT2D eigenvalue weighted by Crippen LogP contribution is 2.29. The monoisotopic (exact) mass is 277 g/mol. The summed E-state index contributed by atoms with van der Waals surface area (Å²) in [5.41, 5.74) is 5.53. The summed E-state index contributed by atoms with van der Waals surface area (Å²) < 4.78 is 38.9. The molecule has 2 N–H and O–H groups in total. The Labute approximate surface area is 107 Å². The number of aromatic nitrogens is 3. The summed E-state index contributed by atoms with van der Waals surface area (Å²) in [6.07, 6.45) is -4.36. The van der Waals surface area contributed by atoms with Gasteiger partial charge in [-0.25, -0.2) is 0 Å². The van der Waals surface area contributed by atoms with Crippen molar-refractivity contribution in [3.8, 4) is 0 Å². The first-order chi connectivity index (χ1) is 8.79. The van der Waals surface area contributed by atoms with Gasteiger partial charge < -0.3 is 15.2 Å². The van der Waals surface area contributed by atoms with E-state index in [-0.39, 0.29) is 43.8 Å². The molecule has 1 unspecified atom stereocenters. The number of carbonyl (C=O) groups excluding carboxylic acids is 1. The minimum atomic E-state index is -4.52. The third-order valence-corrected chi connectivity index (χ3v) is 2.86. The van der Waals surface area contributed by atoms with Gasteiger partial charge in [-0.3, -0.25) is 4.79 Å². The molecule has 1 aromatic heterocycles. The summed E-state index contributed by atoms with van der Waals surface area (Å²) in [5.74, 6) is -1.05. The first kappa shape index (κ1) is 13.8. The summed E-state index contributed by atoms with van der Waals surface area (Å²) in [4.78, 5) is 13.2.